The molecule has 2 heterocycles. The summed E-state index contributed by atoms with van der Waals surface area (Å²) in [5.74, 6) is 0.456. The van der Waals surface area contributed by atoms with Crippen LogP contribution in [0.2, 0.25) is 0 Å². The zero-order valence-electron chi connectivity index (χ0n) is 22.1. The van der Waals surface area contributed by atoms with Gasteiger partial charge >= 0.3 is 5.97 Å². The van der Waals surface area contributed by atoms with Crippen LogP contribution in [-0.4, -0.2) is 42.6 Å². The smallest absolute Gasteiger partial charge is 0.338 e. The summed E-state index contributed by atoms with van der Waals surface area (Å²) in [5, 5.41) is 10.2. The number of carbonyl (C=O) groups is 1. The van der Waals surface area contributed by atoms with Crippen LogP contribution in [0.5, 0.6) is 23.0 Å². The second kappa shape index (κ2) is 11.1. The van der Waals surface area contributed by atoms with Crippen LogP contribution in [-0.2, 0) is 9.53 Å². The van der Waals surface area contributed by atoms with Gasteiger partial charge in [-0.25, -0.2) is 9.79 Å². The van der Waals surface area contributed by atoms with Crippen molar-refractivity contribution in [3.8, 4) is 23.0 Å². The van der Waals surface area contributed by atoms with Crippen LogP contribution < -0.4 is 29.1 Å². The highest BCUT2D eigenvalue weighted by Crippen LogP contribution is 2.37. The summed E-state index contributed by atoms with van der Waals surface area (Å²) >= 11 is 1.20. The van der Waals surface area contributed by atoms with Gasteiger partial charge in [-0.05, 0) is 69.2 Å². The van der Waals surface area contributed by atoms with Gasteiger partial charge in [0.1, 0.15) is 5.75 Å². The number of hydrogen-bond acceptors (Lipinski definition) is 9. The molecule has 0 amide bonds. The fourth-order valence-electron chi connectivity index (χ4n) is 4.26. The molecule has 200 valence electrons. The molecule has 0 unspecified atom stereocenters. The van der Waals surface area contributed by atoms with Crippen molar-refractivity contribution in [3.05, 3.63) is 78.5 Å². The maximum absolute atomic E-state index is 13.8. The summed E-state index contributed by atoms with van der Waals surface area (Å²) in [4.78, 5) is 31.9. The van der Waals surface area contributed by atoms with Gasteiger partial charge in [0, 0.05) is 0 Å². The quantitative estimate of drug-likeness (QED) is 0.439. The third-order valence-electron chi connectivity index (χ3n) is 5.88. The molecule has 0 aliphatic carbocycles. The molecular formula is C28H30N2O7S. The van der Waals surface area contributed by atoms with Crippen molar-refractivity contribution in [1.29, 1.82) is 0 Å². The number of allylic oxidation sites excluding steroid dienone is 1. The Bertz CT molecular complexity index is 1540. The highest BCUT2D eigenvalue weighted by molar-refractivity contribution is 7.07. The number of aromatic hydroxyl groups is 1. The molecule has 9 nitrogen and oxygen atoms in total. The van der Waals surface area contributed by atoms with Crippen molar-refractivity contribution >= 4 is 23.4 Å². The lowest BCUT2D eigenvalue weighted by atomic mass is 9.96. The van der Waals surface area contributed by atoms with E-state index < -0.39 is 12.0 Å². The summed E-state index contributed by atoms with van der Waals surface area (Å²) in [5.41, 5.74) is 1.78. The highest BCUT2D eigenvalue weighted by atomic mass is 32.1. The zero-order valence-corrected chi connectivity index (χ0v) is 22.9. The summed E-state index contributed by atoms with van der Waals surface area (Å²) in [6.45, 7) is 7.54. The number of benzene rings is 2. The van der Waals surface area contributed by atoms with Crippen molar-refractivity contribution in [2.45, 2.75) is 39.8 Å². The molecule has 1 atom stereocenters. The Morgan fingerprint density at radius 3 is 2.34 bits per heavy atom. The third-order valence-corrected chi connectivity index (χ3v) is 6.87. The van der Waals surface area contributed by atoms with Crippen LogP contribution in [0.4, 0.5) is 0 Å². The van der Waals surface area contributed by atoms with E-state index in [4.69, 9.17) is 18.9 Å². The minimum Gasteiger partial charge on any atom is -0.502 e. The lowest BCUT2D eigenvalue weighted by Gasteiger charge is -2.25. The minimum atomic E-state index is -0.732. The van der Waals surface area contributed by atoms with Crippen molar-refractivity contribution < 1.29 is 28.8 Å². The number of fused-ring (bicyclic) bond motifs is 1. The average molecular weight is 539 g/mol. The van der Waals surface area contributed by atoms with Gasteiger partial charge in [0.2, 0.25) is 5.75 Å². The third kappa shape index (κ3) is 5.17. The molecule has 38 heavy (non-hydrogen) atoms. The summed E-state index contributed by atoms with van der Waals surface area (Å²) in [6.07, 6.45) is 1.68. The monoisotopic (exact) mass is 538 g/mol. The highest BCUT2D eigenvalue weighted by Gasteiger charge is 2.33. The Kier molecular flexibility index (Phi) is 7.91. The van der Waals surface area contributed by atoms with Gasteiger partial charge in [0.25, 0.3) is 5.56 Å². The van der Waals surface area contributed by atoms with E-state index in [2.05, 4.69) is 4.99 Å². The fraction of sp³-hybridized carbons (Fsp3) is 0.321. The SMILES string of the molecule is CCOC(=O)C1=C(C)N=c2s/c(=C/c3cc(OC)c(O)c(OC)c3)c(=O)n2[C@H]1c1ccc(OC(C)C)cc1. The van der Waals surface area contributed by atoms with Gasteiger partial charge in [0.15, 0.2) is 16.3 Å². The number of thiazole rings is 1. The molecule has 0 spiro atoms. The Hall–Kier alpha value is -4.05. The minimum absolute atomic E-state index is 0.00732. The lowest BCUT2D eigenvalue weighted by molar-refractivity contribution is -0.139. The van der Waals surface area contributed by atoms with E-state index in [0.717, 1.165) is 5.56 Å². The van der Waals surface area contributed by atoms with Crippen molar-refractivity contribution in [1.82, 2.24) is 4.57 Å². The molecule has 10 heteroatoms. The van der Waals surface area contributed by atoms with Crippen LogP contribution in [0.1, 0.15) is 44.9 Å². The molecule has 0 radical (unpaired) electrons. The number of aromatic nitrogens is 1. The maximum Gasteiger partial charge on any atom is 0.338 e. The average Bonchev–Trinajstić information content (AvgIpc) is 3.18. The maximum atomic E-state index is 13.8. The predicted molar refractivity (Wildman–Crippen MR) is 144 cm³/mol. The van der Waals surface area contributed by atoms with E-state index in [1.54, 1.807) is 32.1 Å². The number of rotatable bonds is 8. The van der Waals surface area contributed by atoms with Gasteiger partial charge in [-0.2, -0.15) is 0 Å². The molecule has 1 aliphatic rings. The van der Waals surface area contributed by atoms with Gasteiger partial charge in [-0.15, -0.1) is 0 Å². The second-order valence-electron chi connectivity index (χ2n) is 8.81. The molecule has 0 bridgehead atoms. The molecule has 1 N–H and O–H groups in total. The van der Waals surface area contributed by atoms with Crippen LogP contribution >= 0.6 is 11.3 Å². The normalized spacial score (nSPS) is 15.2. The number of esters is 1. The van der Waals surface area contributed by atoms with Gasteiger partial charge in [-0.3, -0.25) is 9.36 Å². The standard InChI is InChI=1S/C28H30N2O7S/c1-7-36-27(33)23-16(4)29-28-30(24(23)18-8-10-19(11-9-18)37-15(2)3)26(32)22(38-28)14-17-12-20(34-5)25(31)21(13-17)35-6/h8-15,24,31H,7H2,1-6H3/b22-14+/t24-/m0/s1. The van der Waals surface area contributed by atoms with Crippen molar-refractivity contribution in [3.63, 3.8) is 0 Å². The second-order valence-corrected chi connectivity index (χ2v) is 9.82. The van der Waals surface area contributed by atoms with Crippen LogP contribution in [0.25, 0.3) is 6.08 Å². The number of hydrogen-bond donors (Lipinski definition) is 1. The van der Waals surface area contributed by atoms with Crippen molar-refractivity contribution in [2.24, 2.45) is 4.99 Å². The lowest BCUT2D eigenvalue weighted by Crippen LogP contribution is -2.39. The fourth-order valence-corrected chi connectivity index (χ4v) is 5.30. The summed E-state index contributed by atoms with van der Waals surface area (Å²) < 4.78 is 23.5. The number of nitrogens with zero attached hydrogens (tertiary/aromatic N) is 2. The number of carbonyl (C=O) groups excluding carboxylic acids is 1. The van der Waals surface area contributed by atoms with E-state index in [1.165, 1.54) is 30.1 Å². The van der Waals surface area contributed by atoms with Gasteiger partial charge < -0.3 is 24.1 Å². The molecule has 0 saturated carbocycles. The Balaban J connectivity index is 1.91. The molecule has 2 aromatic carbocycles. The molecular weight excluding hydrogens is 508 g/mol. The van der Waals surface area contributed by atoms with E-state index in [0.29, 0.717) is 31.9 Å². The Labute approximate surface area is 223 Å². The molecule has 1 aliphatic heterocycles. The van der Waals surface area contributed by atoms with Crippen LogP contribution in [0.3, 0.4) is 0 Å². The van der Waals surface area contributed by atoms with Gasteiger partial charge in [0.05, 0.1) is 48.8 Å². The molecule has 0 saturated heterocycles. The number of methoxy groups -OCH3 is 2. The topological polar surface area (TPSA) is 109 Å². The molecule has 1 aromatic heterocycles. The van der Waals surface area contributed by atoms with E-state index in [1.807, 2.05) is 38.1 Å². The largest absolute Gasteiger partial charge is 0.502 e. The number of ether oxygens (including phenoxy) is 4. The molecule has 0 fully saturated rings. The van der Waals surface area contributed by atoms with E-state index in [9.17, 15) is 14.7 Å². The molecule has 4 rings (SSSR count). The number of phenols is 1. The first-order valence-electron chi connectivity index (χ1n) is 12.1. The van der Waals surface area contributed by atoms with Crippen LogP contribution in [0, 0.1) is 0 Å². The van der Waals surface area contributed by atoms with Crippen LogP contribution in [0.15, 0.2) is 57.5 Å². The first-order chi connectivity index (χ1) is 18.2. The van der Waals surface area contributed by atoms with Crippen molar-refractivity contribution in [2.75, 3.05) is 20.8 Å². The predicted octanol–water partition coefficient (Wildman–Crippen LogP) is 3.31. The summed E-state index contributed by atoms with van der Waals surface area (Å²) in [6, 6.07) is 9.80. The molecule has 3 aromatic rings. The Morgan fingerprint density at radius 1 is 1.16 bits per heavy atom. The van der Waals surface area contributed by atoms with Gasteiger partial charge in [-0.1, -0.05) is 23.5 Å². The first-order valence-corrected chi connectivity index (χ1v) is 12.9. The summed E-state index contributed by atoms with van der Waals surface area (Å²) in [7, 11) is 2.87. The number of phenolic OH excluding ortho intramolecular Hbond substituents is 1. The zero-order chi connectivity index (χ0) is 27.6. The van der Waals surface area contributed by atoms with E-state index in [-0.39, 0.29) is 35.5 Å². The van der Waals surface area contributed by atoms with E-state index >= 15 is 0 Å². The first kappa shape index (κ1) is 27.0. The Morgan fingerprint density at radius 2 is 1.79 bits per heavy atom.